The quantitative estimate of drug-likeness (QED) is 0.361. The molecule has 2 heteroatoms. The minimum atomic E-state index is 0.907. The zero-order chi connectivity index (χ0) is 18.8. The van der Waals surface area contributed by atoms with E-state index in [0.717, 1.165) is 20.1 Å². The molecule has 0 unspecified atom stereocenters. The Morgan fingerprint density at radius 2 is 1.17 bits per heavy atom. The summed E-state index contributed by atoms with van der Waals surface area (Å²) in [4.78, 5) is 0. The first-order valence-electron chi connectivity index (χ1n) is 7.93. The van der Waals surface area contributed by atoms with Gasteiger partial charge < -0.3 is 0 Å². The van der Waals surface area contributed by atoms with Crippen molar-refractivity contribution in [2.75, 3.05) is 0 Å². The largest absolute Gasteiger partial charge is 0.115 e. The molecular formula is C22H26Br2. The van der Waals surface area contributed by atoms with Crippen molar-refractivity contribution < 1.29 is 0 Å². The molecule has 0 aromatic heterocycles. The summed E-state index contributed by atoms with van der Waals surface area (Å²) in [5.74, 6) is 5.07. The third kappa shape index (κ3) is 15.4. The summed E-state index contributed by atoms with van der Waals surface area (Å²) in [6.07, 6.45) is 12.8. The van der Waals surface area contributed by atoms with Crippen LogP contribution in [-0.2, 0) is 0 Å². The molecule has 128 valence electrons. The van der Waals surface area contributed by atoms with E-state index < -0.39 is 0 Å². The second-order valence-corrected chi connectivity index (χ2v) is 6.55. The van der Waals surface area contributed by atoms with Crippen molar-refractivity contribution in [2.24, 2.45) is 0 Å². The Balaban J connectivity index is 0. The number of benzene rings is 2. The fourth-order valence-corrected chi connectivity index (χ4v) is 1.79. The molecule has 0 atom stereocenters. The van der Waals surface area contributed by atoms with Crippen LogP contribution in [0.25, 0.3) is 0 Å². The second-order valence-electron chi connectivity index (χ2n) is 4.72. The van der Waals surface area contributed by atoms with E-state index in [4.69, 9.17) is 12.8 Å². The highest BCUT2D eigenvalue weighted by Crippen LogP contribution is 2.10. The predicted molar refractivity (Wildman–Crippen MR) is 116 cm³/mol. The van der Waals surface area contributed by atoms with Gasteiger partial charge in [0.15, 0.2) is 0 Å². The van der Waals surface area contributed by atoms with Crippen LogP contribution in [0.3, 0.4) is 0 Å². The SMILES string of the molecule is C#Cc1ccc(Br)cc1.C#Cc1cccc(Br)c1.CCC.CCC. The fourth-order valence-electron chi connectivity index (χ4n) is 1.12. The summed E-state index contributed by atoms with van der Waals surface area (Å²) in [7, 11) is 0. The van der Waals surface area contributed by atoms with E-state index in [-0.39, 0.29) is 0 Å². The van der Waals surface area contributed by atoms with E-state index in [1.165, 1.54) is 12.8 Å². The highest BCUT2D eigenvalue weighted by atomic mass is 79.9. The van der Waals surface area contributed by atoms with Crippen LogP contribution in [0.15, 0.2) is 57.5 Å². The number of terminal acetylenes is 2. The maximum absolute atomic E-state index is 5.15. The average molecular weight is 450 g/mol. The monoisotopic (exact) mass is 448 g/mol. The van der Waals surface area contributed by atoms with E-state index >= 15 is 0 Å². The van der Waals surface area contributed by atoms with Gasteiger partial charge in [-0.1, -0.05) is 90.3 Å². The topological polar surface area (TPSA) is 0 Å². The fraction of sp³-hybridized carbons (Fsp3) is 0.273. The van der Waals surface area contributed by atoms with E-state index in [9.17, 15) is 0 Å². The van der Waals surface area contributed by atoms with Gasteiger partial charge in [0.05, 0.1) is 0 Å². The molecule has 0 aliphatic rings. The summed E-state index contributed by atoms with van der Waals surface area (Å²) in [6.45, 7) is 8.50. The Hall–Kier alpha value is -1.48. The molecule has 0 radical (unpaired) electrons. The molecule has 24 heavy (non-hydrogen) atoms. The lowest BCUT2D eigenvalue weighted by Gasteiger charge is -1.88. The van der Waals surface area contributed by atoms with Crippen LogP contribution in [-0.4, -0.2) is 0 Å². The first kappa shape index (κ1) is 24.8. The van der Waals surface area contributed by atoms with Crippen LogP contribution in [0.1, 0.15) is 51.7 Å². The molecule has 0 heterocycles. The summed E-state index contributed by atoms with van der Waals surface area (Å²) in [5.41, 5.74) is 1.82. The minimum absolute atomic E-state index is 0.907. The van der Waals surface area contributed by atoms with E-state index in [1.54, 1.807) is 0 Å². The van der Waals surface area contributed by atoms with Crippen molar-refractivity contribution in [2.45, 2.75) is 40.5 Å². The molecular weight excluding hydrogens is 424 g/mol. The molecule has 0 amide bonds. The number of halogens is 2. The standard InChI is InChI=1S/2C8H5Br.2C3H8/c1-2-7-3-5-8(9)6-4-7;1-2-7-4-3-5-8(9)6-7;2*1-3-2/h2*1,3-6H;2*3H2,1-2H3. The highest BCUT2D eigenvalue weighted by Gasteiger charge is 1.85. The summed E-state index contributed by atoms with van der Waals surface area (Å²) < 4.78 is 2.08. The van der Waals surface area contributed by atoms with Gasteiger partial charge in [0.1, 0.15) is 0 Å². The van der Waals surface area contributed by atoms with Crippen LogP contribution in [0.4, 0.5) is 0 Å². The third-order valence-electron chi connectivity index (χ3n) is 2.00. The predicted octanol–water partition coefficient (Wildman–Crippen LogP) is 7.69. The average Bonchev–Trinajstić information content (AvgIpc) is 2.57. The van der Waals surface area contributed by atoms with Crippen molar-refractivity contribution in [3.8, 4) is 24.7 Å². The maximum atomic E-state index is 5.15. The van der Waals surface area contributed by atoms with Crippen LogP contribution in [0, 0.1) is 24.7 Å². The minimum Gasteiger partial charge on any atom is -0.115 e. The van der Waals surface area contributed by atoms with Crippen molar-refractivity contribution >= 4 is 31.9 Å². The van der Waals surface area contributed by atoms with Gasteiger partial charge in [-0.2, -0.15) is 0 Å². The normalized spacial score (nSPS) is 7.83. The smallest absolute Gasteiger partial charge is 0.0253 e. The van der Waals surface area contributed by atoms with Gasteiger partial charge >= 0.3 is 0 Å². The molecule has 0 fully saturated rings. The van der Waals surface area contributed by atoms with Gasteiger partial charge in [-0.25, -0.2) is 0 Å². The Morgan fingerprint density at radius 3 is 1.50 bits per heavy atom. The number of hydrogen-bond acceptors (Lipinski definition) is 0. The van der Waals surface area contributed by atoms with Crippen LogP contribution in [0.5, 0.6) is 0 Å². The lowest BCUT2D eigenvalue weighted by molar-refractivity contribution is 1.09. The Kier molecular flexibility index (Phi) is 18.4. The summed E-state index contributed by atoms with van der Waals surface area (Å²) in [5, 5.41) is 0. The van der Waals surface area contributed by atoms with Gasteiger partial charge in [-0.3, -0.25) is 0 Å². The van der Waals surface area contributed by atoms with Gasteiger partial charge in [0.25, 0.3) is 0 Å². The first-order chi connectivity index (χ1) is 11.5. The van der Waals surface area contributed by atoms with E-state index in [2.05, 4.69) is 71.4 Å². The van der Waals surface area contributed by atoms with Gasteiger partial charge in [0.2, 0.25) is 0 Å². The Bertz CT molecular complexity index is 612. The lowest BCUT2D eigenvalue weighted by atomic mass is 10.2. The van der Waals surface area contributed by atoms with E-state index in [0.29, 0.717) is 0 Å². The van der Waals surface area contributed by atoms with Crippen molar-refractivity contribution in [3.05, 3.63) is 68.6 Å². The zero-order valence-corrected chi connectivity index (χ0v) is 18.1. The molecule has 0 bridgehead atoms. The number of hydrogen-bond donors (Lipinski definition) is 0. The summed E-state index contributed by atoms with van der Waals surface area (Å²) in [6, 6.07) is 15.3. The van der Waals surface area contributed by atoms with Crippen LogP contribution in [0.2, 0.25) is 0 Å². The maximum Gasteiger partial charge on any atom is 0.0253 e. The summed E-state index contributed by atoms with van der Waals surface area (Å²) >= 11 is 6.61. The molecule has 0 spiro atoms. The third-order valence-corrected chi connectivity index (χ3v) is 3.02. The van der Waals surface area contributed by atoms with Crippen LogP contribution >= 0.6 is 31.9 Å². The molecule has 0 saturated heterocycles. The van der Waals surface area contributed by atoms with Crippen molar-refractivity contribution in [3.63, 3.8) is 0 Å². The highest BCUT2D eigenvalue weighted by molar-refractivity contribution is 9.10. The van der Waals surface area contributed by atoms with Crippen molar-refractivity contribution in [1.82, 2.24) is 0 Å². The first-order valence-corrected chi connectivity index (χ1v) is 9.51. The van der Waals surface area contributed by atoms with E-state index in [1.807, 2.05) is 48.5 Å². The Labute approximate surface area is 165 Å². The molecule has 2 aromatic carbocycles. The molecule has 0 aliphatic carbocycles. The molecule has 0 nitrogen and oxygen atoms in total. The molecule has 0 saturated carbocycles. The number of rotatable bonds is 0. The van der Waals surface area contributed by atoms with Gasteiger partial charge in [-0.05, 0) is 42.5 Å². The zero-order valence-electron chi connectivity index (χ0n) is 14.9. The molecule has 2 aromatic rings. The second kappa shape index (κ2) is 17.9. The molecule has 2 rings (SSSR count). The lowest BCUT2D eigenvalue weighted by Crippen LogP contribution is -1.70. The molecule has 0 N–H and O–H groups in total. The van der Waals surface area contributed by atoms with Gasteiger partial charge in [0, 0.05) is 20.1 Å². The van der Waals surface area contributed by atoms with Gasteiger partial charge in [-0.15, -0.1) is 12.8 Å². The Morgan fingerprint density at radius 1 is 0.708 bits per heavy atom. The molecule has 0 aliphatic heterocycles. The van der Waals surface area contributed by atoms with Crippen LogP contribution < -0.4 is 0 Å². The van der Waals surface area contributed by atoms with Crippen molar-refractivity contribution in [1.29, 1.82) is 0 Å².